The summed E-state index contributed by atoms with van der Waals surface area (Å²) in [6, 6.07) is 10.2. The zero-order chi connectivity index (χ0) is 19.3. The molecular weight excluding hydrogens is 370 g/mol. The highest BCUT2D eigenvalue weighted by molar-refractivity contribution is 7.08. The number of benzene rings is 1. The lowest BCUT2D eigenvalue weighted by Crippen LogP contribution is -2.49. The van der Waals surface area contributed by atoms with E-state index in [-0.39, 0.29) is 5.91 Å². The Morgan fingerprint density at radius 3 is 2.75 bits per heavy atom. The number of hydrogen-bond acceptors (Lipinski definition) is 6. The van der Waals surface area contributed by atoms with Crippen molar-refractivity contribution < 1.29 is 4.79 Å². The van der Waals surface area contributed by atoms with Crippen LogP contribution in [0.25, 0.3) is 22.3 Å². The minimum atomic E-state index is 0.0422. The number of carbonyl (C=O) groups is 1. The summed E-state index contributed by atoms with van der Waals surface area (Å²) < 4.78 is 0. The predicted octanol–water partition coefficient (Wildman–Crippen LogP) is 2.78. The average Bonchev–Trinajstić information content (AvgIpc) is 3.27. The second-order valence-corrected chi connectivity index (χ2v) is 7.54. The van der Waals surface area contributed by atoms with Crippen LogP contribution in [0.1, 0.15) is 0 Å². The van der Waals surface area contributed by atoms with E-state index in [2.05, 4.69) is 39.2 Å². The van der Waals surface area contributed by atoms with Gasteiger partial charge in [0.15, 0.2) is 5.82 Å². The molecule has 0 radical (unpaired) electrons. The molecule has 4 rings (SSSR count). The first-order chi connectivity index (χ1) is 13.7. The van der Waals surface area contributed by atoms with Crippen LogP contribution in [0.4, 0.5) is 5.82 Å². The smallest absolute Gasteiger partial charge is 0.234 e. The molecule has 1 N–H and O–H groups in total. The highest BCUT2D eigenvalue weighted by Crippen LogP contribution is 2.29. The molecule has 3 heterocycles. The fourth-order valence-electron chi connectivity index (χ4n) is 3.38. The van der Waals surface area contributed by atoms with Crippen LogP contribution >= 0.6 is 11.3 Å². The van der Waals surface area contributed by atoms with E-state index < -0.39 is 0 Å². The Balaban J connectivity index is 1.53. The number of nitrogens with zero attached hydrogens (tertiary/aromatic N) is 4. The Morgan fingerprint density at radius 1 is 1.18 bits per heavy atom. The maximum atomic E-state index is 11.9. The molecule has 1 saturated heterocycles. The number of amides is 1. The summed E-state index contributed by atoms with van der Waals surface area (Å²) in [4.78, 5) is 26.1. The van der Waals surface area contributed by atoms with E-state index in [9.17, 15) is 4.79 Å². The summed E-state index contributed by atoms with van der Waals surface area (Å²) in [7, 11) is 0. The van der Waals surface area contributed by atoms with Gasteiger partial charge in [0.2, 0.25) is 5.91 Å². The van der Waals surface area contributed by atoms with Gasteiger partial charge in [-0.3, -0.25) is 9.69 Å². The highest BCUT2D eigenvalue weighted by Gasteiger charge is 2.22. The van der Waals surface area contributed by atoms with E-state index >= 15 is 0 Å². The molecule has 0 bridgehead atoms. The summed E-state index contributed by atoms with van der Waals surface area (Å²) in [6.45, 7) is 7.88. The standard InChI is InChI=1S/C21H23N5OS/c1-2-8-22-19(27)14-25-9-11-26(12-10-25)21-17-5-3-4-6-18(17)23-20(24-21)16-7-13-28-15-16/h2-7,13,15H,1,8-12,14H2,(H,22,27). The van der Waals surface area contributed by atoms with E-state index in [4.69, 9.17) is 9.97 Å². The molecule has 1 fully saturated rings. The van der Waals surface area contributed by atoms with Crippen LogP contribution in [0, 0.1) is 0 Å². The molecule has 28 heavy (non-hydrogen) atoms. The molecule has 6 nitrogen and oxygen atoms in total. The fourth-order valence-corrected chi connectivity index (χ4v) is 4.02. The van der Waals surface area contributed by atoms with E-state index in [0.717, 1.165) is 54.3 Å². The van der Waals surface area contributed by atoms with E-state index in [1.807, 2.05) is 23.6 Å². The number of anilines is 1. The molecule has 0 atom stereocenters. The second kappa shape index (κ2) is 8.50. The number of fused-ring (bicyclic) bond motifs is 1. The Labute approximate surface area is 168 Å². The van der Waals surface area contributed by atoms with Crippen molar-refractivity contribution in [3.8, 4) is 11.4 Å². The normalized spacial score (nSPS) is 14.9. The number of thiophene rings is 1. The molecule has 0 aliphatic carbocycles. The molecule has 0 spiro atoms. The largest absolute Gasteiger partial charge is 0.353 e. The molecule has 1 amide bonds. The van der Waals surface area contributed by atoms with Crippen LogP contribution in [0.5, 0.6) is 0 Å². The first kappa shape index (κ1) is 18.6. The number of aromatic nitrogens is 2. The van der Waals surface area contributed by atoms with Gasteiger partial charge in [0.25, 0.3) is 0 Å². The van der Waals surface area contributed by atoms with Gasteiger partial charge >= 0.3 is 0 Å². The summed E-state index contributed by atoms with van der Waals surface area (Å²) in [5, 5.41) is 8.03. The van der Waals surface area contributed by atoms with E-state index in [1.54, 1.807) is 17.4 Å². The van der Waals surface area contributed by atoms with E-state index in [1.165, 1.54) is 0 Å². The molecule has 3 aromatic rings. The Hall–Kier alpha value is -2.77. The van der Waals surface area contributed by atoms with Crippen LogP contribution in [0.2, 0.25) is 0 Å². The van der Waals surface area contributed by atoms with Gasteiger partial charge in [-0.05, 0) is 23.6 Å². The fraction of sp³-hybridized carbons (Fsp3) is 0.286. The molecular formula is C21H23N5OS. The molecule has 2 aromatic heterocycles. The lowest BCUT2D eigenvalue weighted by Gasteiger charge is -2.35. The van der Waals surface area contributed by atoms with Crippen LogP contribution in [-0.2, 0) is 4.79 Å². The third kappa shape index (κ3) is 4.05. The zero-order valence-corrected chi connectivity index (χ0v) is 16.5. The lowest BCUT2D eigenvalue weighted by molar-refractivity contribution is -0.122. The van der Waals surface area contributed by atoms with Gasteiger partial charge < -0.3 is 10.2 Å². The molecule has 1 aliphatic rings. The van der Waals surface area contributed by atoms with Crippen molar-refractivity contribution in [2.75, 3.05) is 44.2 Å². The minimum absolute atomic E-state index is 0.0422. The van der Waals surface area contributed by atoms with Gasteiger partial charge in [0.05, 0.1) is 12.1 Å². The zero-order valence-electron chi connectivity index (χ0n) is 15.7. The van der Waals surface area contributed by atoms with Gasteiger partial charge in [0.1, 0.15) is 5.82 Å². The van der Waals surface area contributed by atoms with Crippen molar-refractivity contribution in [2.24, 2.45) is 0 Å². The number of piperazine rings is 1. The van der Waals surface area contributed by atoms with Gasteiger partial charge in [-0.1, -0.05) is 18.2 Å². The summed E-state index contributed by atoms with van der Waals surface area (Å²) in [6.07, 6.45) is 1.70. The van der Waals surface area contributed by atoms with Crippen molar-refractivity contribution in [1.29, 1.82) is 0 Å². The number of nitrogens with one attached hydrogen (secondary N) is 1. The lowest BCUT2D eigenvalue weighted by atomic mass is 10.2. The van der Waals surface area contributed by atoms with Crippen molar-refractivity contribution in [3.63, 3.8) is 0 Å². The first-order valence-corrected chi connectivity index (χ1v) is 10.3. The van der Waals surface area contributed by atoms with Crippen molar-refractivity contribution in [2.45, 2.75) is 0 Å². The number of carbonyl (C=O) groups excluding carboxylic acids is 1. The molecule has 1 aromatic carbocycles. The Kier molecular flexibility index (Phi) is 5.64. The number of para-hydroxylation sites is 1. The number of hydrogen-bond donors (Lipinski definition) is 1. The predicted molar refractivity (Wildman–Crippen MR) is 115 cm³/mol. The number of rotatable bonds is 6. The second-order valence-electron chi connectivity index (χ2n) is 6.76. The van der Waals surface area contributed by atoms with Crippen LogP contribution < -0.4 is 10.2 Å². The van der Waals surface area contributed by atoms with Gasteiger partial charge in [-0.25, -0.2) is 9.97 Å². The van der Waals surface area contributed by atoms with Crippen molar-refractivity contribution in [1.82, 2.24) is 20.2 Å². The third-order valence-corrected chi connectivity index (χ3v) is 5.53. The molecule has 144 valence electrons. The minimum Gasteiger partial charge on any atom is -0.353 e. The van der Waals surface area contributed by atoms with Gasteiger partial charge in [-0.2, -0.15) is 11.3 Å². The Bertz CT molecular complexity index is 964. The maximum Gasteiger partial charge on any atom is 0.234 e. The molecule has 1 aliphatic heterocycles. The SMILES string of the molecule is C=CCNC(=O)CN1CCN(c2nc(-c3ccsc3)nc3ccccc23)CC1. The average molecular weight is 394 g/mol. The topological polar surface area (TPSA) is 61.4 Å². The summed E-state index contributed by atoms with van der Waals surface area (Å²) in [5.41, 5.74) is 2.01. The quantitative estimate of drug-likeness (QED) is 0.653. The van der Waals surface area contributed by atoms with Crippen molar-refractivity contribution in [3.05, 3.63) is 53.7 Å². The Morgan fingerprint density at radius 2 is 2.00 bits per heavy atom. The molecule has 0 saturated carbocycles. The third-order valence-electron chi connectivity index (χ3n) is 4.85. The van der Waals surface area contributed by atoms with Crippen LogP contribution in [-0.4, -0.2) is 60.0 Å². The maximum absolute atomic E-state index is 11.9. The van der Waals surface area contributed by atoms with Crippen LogP contribution in [0.3, 0.4) is 0 Å². The molecule has 0 unspecified atom stereocenters. The van der Waals surface area contributed by atoms with Gasteiger partial charge in [-0.15, -0.1) is 6.58 Å². The highest BCUT2D eigenvalue weighted by atomic mass is 32.1. The summed E-state index contributed by atoms with van der Waals surface area (Å²) >= 11 is 1.65. The van der Waals surface area contributed by atoms with Crippen molar-refractivity contribution >= 4 is 34.0 Å². The van der Waals surface area contributed by atoms with E-state index in [0.29, 0.717) is 13.1 Å². The van der Waals surface area contributed by atoms with Gasteiger partial charge in [0, 0.05) is 49.1 Å². The monoisotopic (exact) mass is 393 g/mol. The molecule has 7 heteroatoms. The van der Waals surface area contributed by atoms with Crippen LogP contribution in [0.15, 0.2) is 53.7 Å². The first-order valence-electron chi connectivity index (χ1n) is 9.39. The summed E-state index contributed by atoms with van der Waals surface area (Å²) in [5.74, 6) is 1.78.